The summed E-state index contributed by atoms with van der Waals surface area (Å²) in [6.45, 7) is 3.33. The van der Waals surface area contributed by atoms with E-state index in [1.165, 1.54) is 18.3 Å². The number of carbonyl (C=O) groups excluding carboxylic acids is 3. The number of nitrogens with zero attached hydrogens (tertiary/aromatic N) is 1. The maximum absolute atomic E-state index is 12.5. The zero-order valence-corrected chi connectivity index (χ0v) is 18.3. The number of esters is 1. The second-order valence-corrected chi connectivity index (χ2v) is 8.23. The maximum atomic E-state index is 12.5. The van der Waals surface area contributed by atoms with Gasteiger partial charge in [-0.1, -0.05) is 21.1 Å². The fourth-order valence-corrected chi connectivity index (χ4v) is 4.53. The van der Waals surface area contributed by atoms with E-state index >= 15 is 0 Å². The minimum atomic E-state index is -0.568. The summed E-state index contributed by atoms with van der Waals surface area (Å²) in [6.07, 6.45) is 1.99. The Morgan fingerprint density at radius 2 is 1.90 bits per heavy atom. The minimum absolute atomic E-state index is 0.231. The second-order valence-electron chi connectivity index (χ2n) is 6.29. The topological polar surface area (TPSA) is 94.1 Å². The molecule has 0 bridgehead atoms. The van der Waals surface area contributed by atoms with Gasteiger partial charge < -0.3 is 14.9 Å². The molecule has 2 aromatic rings. The van der Waals surface area contributed by atoms with Gasteiger partial charge in [0.25, 0.3) is 0 Å². The van der Waals surface area contributed by atoms with E-state index in [4.69, 9.17) is 9.57 Å². The molecule has 0 spiro atoms. The Morgan fingerprint density at radius 1 is 1.17 bits per heavy atom. The molecule has 1 aromatic carbocycles. The minimum Gasteiger partial charge on any atom is -0.462 e. The summed E-state index contributed by atoms with van der Waals surface area (Å²) in [5.74, 6) is -1.34. The van der Waals surface area contributed by atoms with Crippen LogP contribution in [0.25, 0.3) is 0 Å². The van der Waals surface area contributed by atoms with E-state index < -0.39 is 11.9 Å². The van der Waals surface area contributed by atoms with Crippen LogP contribution < -0.4 is 5.32 Å². The van der Waals surface area contributed by atoms with E-state index in [1.807, 2.05) is 0 Å². The lowest BCUT2D eigenvalue weighted by Gasteiger charge is -2.14. The summed E-state index contributed by atoms with van der Waals surface area (Å²) in [5, 5.41) is 7.19. The van der Waals surface area contributed by atoms with Crippen molar-refractivity contribution in [1.82, 2.24) is 0 Å². The predicted octanol–water partition coefficient (Wildman–Crippen LogP) is 4.54. The molecule has 152 valence electrons. The van der Waals surface area contributed by atoms with Gasteiger partial charge in [-0.25, -0.2) is 9.59 Å². The third-order valence-corrected chi connectivity index (χ3v) is 5.92. The number of ether oxygens (including phenoxy) is 1. The summed E-state index contributed by atoms with van der Waals surface area (Å²) in [7, 11) is 0. The van der Waals surface area contributed by atoms with Gasteiger partial charge in [-0.05, 0) is 56.0 Å². The number of halogens is 1. The van der Waals surface area contributed by atoms with Crippen molar-refractivity contribution < 1.29 is 24.0 Å². The number of nitrogens with one attached hydrogen (secondary N) is 1. The number of fused-ring (bicyclic) bond motifs is 1. The van der Waals surface area contributed by atoms with E-state index in [1.54, 1.807) is 31.2 Å². The Kier molecular flexibility index (Phi) is 6.81. The monoisotopic (exact) mass is 478 g/mol. The molecule has 7 nitrogen and oxygen atoms in total. The van der Waals surface area contributed by atoms with Crippen molar-refractivity contribution in [3.05, 3.63) is 50.3 Å². The number of anilines is 1. The Balaban J connectivity index is 1.91. The Labute approximate surface area is 180 Å². The highest BCUT2D eigenvalue weighted by molar-refractivity contribution is 9.10. The molecular weight excluding hydrogens is 460 g/mol. The molecule has 1 aliphatic carbocycles. The van der Waals surface area contributed by atoms with Crippen LogP contribution in [0.3, 0.4) is 0 Å². The van der Waals surface area contributed by atoms with Gasteiger partial charge in [0, 0.05) is 11.4 Å². The molecule has 0 saturated heterocycles. The number of hydrogen-bond donors (Lipinski definition) is 1. The van der Waals surface area contributed by atoms with Gasteiger partial charge in [0.1, 0.15) is 5.00 Å². The second kappa shape index (κ2) is 9.32. The first-order valence-electron chi connectivity index (χ1n) is 9.05. The van der Waals surface area contributed by atoms with Gasteiger partial charge in [0.15, 0.2) is 0 Å². The van der Waals surface area contributed by atoms with Crippen LogP contribution in [0.5, 0.6) is 0 Å². The number of oxime groups is 1. The van der Waals surface area contributed by atoms with Crippen molar-refractivity contribution in [3.63, 3.8) is 0 Å². The molecule has 29 heavy (non-hydrogen) atoms. The van der Waals surface area contributed by atoms with E-state index in [9.17, 15) is 14.4 Å². The van der Waals surface area contributed by atoms with Crippen molar-refractivity contribution >= 4 is 55.8 Å². The van der Waals surface area contributed by atoms with E-state index in [0.29, 0.717) is 34.7 Å². The molecule has 1 amide bonds. The molecule has 1 aliphatic rings. The van der Waals surface area contributed by atoms with Crippen LogP contribution in [0, 0.1) is 0 Å². The first-order chi connectivity index (χ1) is 13.9. The molecule has 0 fully saturated rings. The third kappa shape index (κ3) is 4.91. The van der Waals surface area contributed by atoms with Crippen molar-refractivity contribution in [1.29, 1.82) is 0 Å². The highest BCUT2D eigenvalue weighted by Crippen LogP contribution is 2.39. The van der Waals surface area contributed by atoms with Crippen LogP contribution in [0.4, 0.5) is 5.00 Å². The first-order valence-corrected chi connectivity index (χ1v) is 10.7. The predicted molar refractivity (Wildman–Crippen MR) is 114 cm³/mol. The number of hydrogen-bond acceptors (Lipinski definition) is 7. The zero-order chi connectivity index (χ0) is 21.0. The number of benzene rings is 1. The summed E-state index contributed by atoms with van der Waals surface area (Å²) in [5.41, 5.74) is 2.07. The fraction of sp³-hybridized carbons (Fsp3) is 0.300. The van der Waals surface area contributed by atoms with E-state index in [0.717, 1.165) is 21.3 Å². The van der Waals surface area contributed by atoms with Gasteiger partial charge in [0.2, 0.25) is 5.91 Å². The van der Waals surface area contributed by atoms with Crippen molar-refractivity contribution in [2.75, 3.05) is 11.9 Å². The van der Waals surface area contributed by atoms with Crippen LogP contribution in [-0.4, -0.2) is 30.2 Å². The molecule has 1 heterocycles. The molecule has 9 heteroatoms. The Bertz CT molecular complexity index is 982. The largest absolute Gasteiger partial charge is 0.462 e. The lowest BCUT2D eigenvalue weighted by atomic mass is 9.94. The highest BCUT2D eigenvalue weighted by atomic mass is 79.9. The zero-order valence-electron chi connectivity index (χ0n) is 15.9. The van der Waals surface area contributed by atoms with Gasteiger partial charge in [0.05, 0.1) is 28.3 Å². The Morgan fingerprint density at radius 3 is 2.55 bits per heavy atom. The molecule has 0 unspecified atom stereocenters. The smallest absolute Gasteiger partial charge is 0.365 e. The molecule has 0 atom stereocenters. The van der Waals surface area contributed by atoms with Crippen LogP contribution in [-0.2, 0) is 20.8 Å². The summed E-state index contributed by atoms with van der Waals surface area (Å²) in [6, 6.07) is 6.76. The summed E-state index contributed by atoms with van der Waals surface area (Å²) >= 11 is 4.56. The third-order valence-electron chi connectivity index (χ3n) is 4.20. The van der Waals surface area contributed by atoms with Crippen molar-refractivity contribution in [2.24, 2.45) is 5.16 Å². The van der Waals surface area contributed by atoms with Crippen LogP contribution in [0.1, 0.15) is 57.8 Å². The standard InChI is InChI=1S/C20H19BrN2O5S/c1-3-27-20(26)16-14-5-4-6-15(17(14)29-18(16)22-11(2)24)23-28-19(25)12-7-9-13(21)10-8-12/h7-10H,3-6H2,1-2H3,(H,22,24). The first kappa shape index (κ1) is 21.2. The molecule has 0 aliphatic heterocycles. The van der Waals surface area contributed by atoms with Gasteiger partial charge >= 0.3 is 11.9 Å². The maximum Gasteiger partial charge on any atom is 0.365 e. The average Bonchev–Trinajstić information content (AvgIpc) is 3.04. The van der Waals surface area contributed by atoms with Gasteiger partial charge in [-0.15, -0.1) is 11.3 Å². The highest BCUT2D eigenvalue weighted by Gasteiger charge is 2.30. The lowest BCUT2D eigenvalue weighted by molar-refractivity contribution is -0.114. The van der Waals surface area contributed by atoms with Crippen LogP contribution in [0.15, 0.2) is 33.9 Å². The quantitative estimate of drug-likeness (QED) is 0.386. The summed E-state index contributed by atoms with van der Waals surface area (Å²) in [4.78, 5) is 42.2. The molecule has 0 saturated carbocycles. The van der Waals surface area contributed by atoms with E-state index in [2.05, 4.69) is 26.4 Å². The summed E-state index contributed by atoms with van der Waals surface area (Å²) < 4.78 is 6.02. The average molecular weight is 479 g/mol. The number of rotatable bonds is 5. The van der Waals surface area contributed by atoms with Crippen molar-refractivity contribution in [3.8, 4) is 0 Å². The van der Waals surface area contributed by atoms with Crippen molar-refractivity contribution in [2.45, 2.75) is 33.1 Å². The van der Waals surface area contributed by atoms with Gasteiger partial charge in [-0.2, -0.15) is 0 Å². The molecule has 1 N–H and O–H groups in total. The molecule has 1 aromatic heterocycles. The molecular formula is C20H19BrN2O5S. The number of thiophene rings is 1. The Hall–Kier alpha value is -2.52. The lowest BCUT2D eigenvalue weighted by Crippen LogP contribution is -2.16. The van der Waals surface area contributed by atoms with Gasteiger partial charge in [-0.3, -0.25) is 4.79 Å². The van der Waals surface area contributed by atoms with E-state index in [-0.39, 0.29) is 12.5 Å². The van der Waals surface area contributed by atoms with Crippen LogP contribution >= 0.6 is 27.3 Å². The SMILES string of the molecule is CCOC(=O)c1c(NC(C)=O)sc2c1CCCC2=NOC(=O)c1ccc(Br)cc1. The molecule has 0 radical (unpaired) electrons. The number of carbonyl (C=O) groups is 3. The van der Waals surface area contributed by atoms with Crippen LogP contribution in [0.2, 0.25) is 0 Å². The normalized spacial score (nSPS) is 14.2. The molecule has 3 rings (SSSR count). The fourth-order valence-electron chi connectivity index (χ4n) is 2.97. The number of amides is 1.